The molecule has 0 aliphatic heterocycles. The van der Waals surface area contributed by atoms with E-state index >= 15 is 0 Å². The number of carbonyl (C=O) groups excluding carboxylic acids is 1. The van der Waals surface area contributed by atoms with E-state index in [1.54, 1.807) is 30.1 Å². The highest BCUT2D eigenvalue weighted by atomic mass is 19.1. The lowest BCUT2D eigenvalue weighted by molar-refractivity contribution is 0.101. The first-order chi connectivity index (χ1) is 15.0. The van der Waals surface area contributed by atoms with Crippen LogP contribution >= 0.6 is 0 Å². The summed E-state index contributed by atoms with van der Waals surface area (Å²) in [4.78, 5) is 16.4. The Kier molecular flexibility index (Phi) is 5.44. The molecule has 0 bridgehead atoms. The van der Waals surface area contributed by atoms with Gasteiger partial charge < -0.3 is 10.1 Å². The van der Waals surface area contributed by atoms with Gasteiger partial charge in [0.1, 0.15) is 28.8 Å². The minimum absolute atomic E-state index is 0.170. The molecule has 2 aromatic carbocycles. The van der Waals surface area contributed by atoms with E-state index in [0.29, 0.717) is 5.75 Å². The summed E-state index contributed by atoms with van der Waals surface area (Å²) < 4.78 is 34.7. The zero-order valence-electron chi connectivity index (χ0n) is 16.8. The molecule has 0 fully saturated rings. The molecule has 0 aliphatic carbocycles. The van der Waals surface area contributed by atoms with Gasteiger partial charge in [-0.25, -0.2) is 13.8 Å². The zero-order chi connectivity index (χ0) is 22.0. The molecule has 0 aliphatic rings. The predicted octanol–water partition coefficient (Wildman–Crippen LogP) is 4.69. The van der Waals surface area contributed by atoms with Crippen LogP contribution in [0.5, 0.6) is 5.75 Å². The number of hydrogen-bond donors (Lipinski definition) is 1. The van der Waals surface area contributed by atoms with Crippen molar-refractivity contribution in [3.8, 4) is 28.3 Å². The average molecular weight is 420 g/mol. The third kappa shape index (κ3) is 4.00. The number of para-hydroxylation sites is 1. The molecular formula is C23H18F2N4O2. The van der Waals surface area contributed by atoms with Gasteiger partial charge in [-0.15, -0.1) is 0 Å². The van der Waals surface area contributed by atoms with Gasteiger partial charge in [-0.1, -0.05) is 18.2 Å². The lowest BCUT2D eigenvalue weighted by Crippen LogP contribution is -2.16. The Morgan fingerprint density at radius 1 is 1.03 bits per heavy atom. The van der Waals surface area contributed by atoms with E-state index in [4.69, 9.17) is 4.74 Å². The van der Waals surface area contributed by atoms with Gasteiger partial charge in [-0.2, -0.15) is 5.10 Å². The Morgan fingerprint density at radius 2 is 1.77 bits per heavy atom. The molecule has 31 heavy (non-hydrogen) atoms. The SMILES string of the molecule is COc1ccccc1-c1cc(-c2ccc(NC(=O)c3c(F)cccc3F)nc2)n(C)n1. The van der Waals surface area contributed by atoms with Crippen molar-refractivity contribution in [1.29, 1.82) is 0 Å². The average Bonchev–Trinajstić information content (AvgIpc) is 3.15. The Balaban J connectivity index is 1.58. The van der Waals surface area contributed by atoms with E-state index in [9.17, 15) is 13.6 Å². The molecular weight excluding hydrogens is 402 g/mol. The highest BCUT2D eigenvalue weighted by Crippen LogP contribution is 2.31. The third-order valence-electron chi connectivity index (χ3n) is 4.75. The van der Waals surface area contributed by atoms with Crippen LogP contribution in [0.3, 0.4) is 0 Å². The fraction of sp³-hybridized carbons (Fsp3) is 0.0870. The summed E-state index contributed by atoms with van der Waals surface area (Å²) in [6.07, 6.45) is 1.55. The molecule has 6 nitrogen and oxygen atoms in total. The maximum atomic E-state index is 13.8. The lowest BCUT2D eigenvalue weighted by atomic mass is 10.1. The highest BCUT2D eigenvalue weighted by molar-refractivity contribution is 6.04. The number of aryl methyl sites for hydroxylation is 1. The molecule has 0 radical (unpaired) electrons. The summed E-state index contributed by atoms with van der Waals surface area (Å²) >= 11 is 0. The topological polar surface area (TPSA) is 69.0 Å². The molecule has 4 aromatic rings. The maximum Gasteiger partial charge on any atom is 0.262 e. The number of rotatable bonds is 5. The maximum absolute atomic E-state index is 13.8. The van der Waals surface area contributed by atoms with Crippen LogP contribution < -0.4 is 10.1 Å². The normalized spacial score (nSPS) is 10.7. The fourth-order valence-electron chi connectivity index (χ4n) is 3.24. The second-order valence-electron chi connectivity index (χ2n) is 6.72. The first-order valence-corrected chi connectivity index (χ1v) is 9.37. The van der Waals surface area contributed by atoms with Gasteiger partial charge in [-0.3, -0.25) is 9.48 Å². The van der Waals surface area contributed by atoms with Crippen molar-refractivity contribution in [2.75, 3.05) is 12.4 Å². The molecule has 0 saturated carbocycles. The van der Waals surface area contributed by atoms with E-state index in [-0.39, 0.29) is 5.82 Å². The van der Waals surface area contributed by atoms with Crippen LogP contribution in [0.4, 0.5) is 14.6 Å². The number of pyridine rings is 1. The van der Waals surface area contributed by atoms with Crippen molar-refractivity contribution in [1.82, 2.24) is 14.8 Å². The molecule has 0 unspecified atom stereocenters. The van der Waals surface area contributed by atoms with Gasteiger partial charge in [0.05, 0.1) is 18.5 Å². The van der Waals surface area contributed by atoms with Crippen LogP contribution in [0.25, 0.3) is 22.5 Å². The number of carbonyl (C=O) groups is 1. The zero-order valence-corrected chi connectivity index (χ0v) is 16.8. The molecule has 0 saturated heterocycles. The number of nitrogens with zero attached hydrogens (tertiary/aromatic N) is 3. The molecule has 1 amide bonds. The largest absolute Gasteiger partial charge is 0.496 e. The number of benzene rings is 2. The van der Waals surface area contributed by atoms with Gasteiger partial charge in [0.2, 0.25) is 0 Å². The van der Waals surface area contributed by atoms with Crippen molar-refractivity contribution >= 4 is 11.7 Å². The molecule has 4 rings (SSSR count). The number of hydrogen-bond acceptors (Lipinski definition) is 4. The van der Waals surface area contributed by atoms with Crippen LogP contribution in [0.1, 0.15) is 10.4 Å². The first-order valence-electron chi connectivity index (χ1n) is 9.37. The molecule has 2 aromatic heterocycles. The van der Waals surface area contributed by atoms with Gasteiger partial charge >= 0.3 is 0 Å². The van der Waals surface area contributed by atoms with Crippen molar-refractivity contribution in [3.63, 3.8) is 0 Å². The Bertz CT molecular complexity index is 1230. The number of anilines is 1. The third-order valence-corrected chi connectivity index (χ3v) is 4.75. The highest BCUT2D eigenvalue weighted by Gasteiger charge is 2.18. The van der Waals surface area contributed by atoms with E-state index in [2.05, 4.69) is 15.4 Å². The minimum atomic E-state index is -0.937. The van der Waals surface area contributed by atoms with Crippen LogP contribution in [-0.4, -0.2) is 27.8 Å². The van der Waals surface area contributed by atoms with E-state index < -0.39 is 23.1 Å². The monoisotopic (exact) mass is 420 g/mol. The second kappa shape index (κ2) is 8.35. The number of amides is 1. The number of aromatic nitrogens is 3. The second-order valence-corrected chi connectivity index (χ2v) is 6.72. The van der Waals surface area contributed by atoms with Gasteiger partial charge in [0, 0.05) is 24.4 Å². The quantitative estimate of drug-likeness (QED) is 0.509. The van der Waals surface area contributed by atoms with E-state index in [1.165, 1.54) is 6.07 Å². The molecule has 156 valence electrons. The number of ether oxygens (including phenoxy) is 1. The molecule has 0 spiro atoms. The van der Waals surface area contributed by atoms with Gasteiger partial charge in [0.15, 0.2) is 0 Å². The van der Waals surface area contributed by atoms with Crippen molar-refractivity contribution < 1.29 is 18.3 Å². The first kappa shape index (κ1) is 20.2. The summed E-state index contributed by atoms with van der Waals surface area (Å²) in [5.41, 5.74) is 2.50. The minimum Gasteiger partial charge on any atom is -0.496 e. The van der Waals surface area contributed by atoms with Crippen LogP contribution in [0.2, 0.25) is 0 Å². The summed E-state index contributed by atoms with van der Waals surface area (Å²) in [7, 11) is 3.41. The van der Waals surface area contributed by atoms with Gasteiger partial charge in [-0.05, 0) is 42.5 Å². The van der Waals surface area contributed by atoms with Gasteiger partial charge in [0.25, 0.3) is 5.91 Å². The van der Waals surface area contributed by atoms with Crippen LogP contribution in [0, 0.1) is 11.6 Å². The molecule has 1 N–H and O–H groups in total. The summed E-state index contributed by atoms with van der Waals surface area (Å²) in [6, 6.07) is 16.0. The lowest BCUT2D eigenvalue weighted by Gasteiger charge is -2.07. The van der Waals surface area contributed by atoms with Crippen molar-refractivity contribution in [3.05, 3.63) is 84.1 Å². The number of nitrogens with one attached hydrogen (secondary N) is 1. The predicted molar refractivity (Wildman–Crippen MR) is 113 cm³/mol. The van der Waals surface area contributed by atoms with E-state index in [1.807, 2.05) is 37.4 Å². The Hall–Kier alpha value is -4.07. The number of halogens is 2. The van der Waals surface area contributed by atoms with Crippen LogP contribution in [-0.2, 0) is 7.05 Å². The smallest absolute Gasteiger partial charge is 0.262 e. The van der Waals surface area contributed by atoms with Crippen LogP contribution in [0.15, 0.2) is 66.9 Å². The van der Waals surface area contributed by atoms with Crippen molar-refractivity contribution in [2.24, 2.45) is 7.05 Å². The fourth-order valence-corrected chi connectivity index (χ4v) is 3.24. The summed E-state index contributed by atoms with van der Waals surface area (Å²) in [5, 5.41) is 6.96. The van der Waals surface area contributed by atoms with Crippen molar-refractivity contribution in [2.45, 2.75) is 0 Å². The summed E-state index contributed by atoms with van der Waals surface area (Å²) in [5.74, 6) is -1.90. The van der Waals surface area contributed by atoms with E-state index in [0.717, 1.165) is 34.6 Å². The number of methoxy groups -OCH3 is 1. The standard InChI is InChI=1S/C23H18F2N4O2/c1-29-19(12-18(28-29)15-6-3-4-9-20(15)31-2)14-10-11-21(26-13-14)27-23(30)22-16(24)7-5-8-17(22)25/h3-13H,1-2H3,(H,26,27,30). The molecule has 0 atom stereocenters. The Morgan fingerprint density at radius 3 is 2.45 bits per heavy atom. The summed E-state index contributed by atoms with van der Waals surface area (Å²) in [6.45, 7) is 0. The molecule has 2 heterocycles. The Labute approximate surface area is 177 Å². The molecule has 8 heteroatoms.